The Kier molecular flexibility index (Phi) is 5.37. The van der Waals surface area contributed by atoms with Gasteiger partial charge in [-0.2, -0.15) is 0 Å². The number of hydrogen-bond donors (Lipinski definition) is 0. The van der Waals surface area contributed by atoms with Crippen LogP contribution in [0.25, 0.3) is 0 Å². The lowest BCUT2D eigenvalue weighted by atomic mass is 10.2. The summed E-state index contributed by atoms with van der Waals surface area (Å²) >= 11 is 0. The van der Waals surface area contributed by atoms with Crippen molar-refractivity contribution in [2.45, 2.75) is 26.4 Å². The van der Waals surface area contributed by atoms with Crippen molar-refractivity contribution in [3.05, 3.63) is 0 Å². The van der Waals surface area contributed by atoms with Crippen LogP contribution in [-0.4, -0.2) is 24.6 Å². The first-order valence-corrected chi connectivity index (χ1v) is 3.89. The van der Waals surface area contributed by atoms with Crippen LogP contribution in [0, 0.1) is 12.3 Å². The first-order chi connectivity index (χ1) is 6.10. The van der Waals surface area contributed by atoms with E-state index < -0.39 is 18.0 Å². The van der Waals surface area contributed by atoms with Gasteiger partial charge in [-0.25, -0.2) is 0 Å². The zero-order chi connectivity index (χ0) is 10.3. The van der Waals surface area contributed by atoms with Gasteiger partial charge in [-0.05, 0) is 6.92 Å². The Bertz CT molecular complexity index is 226. The molecule has 0 bridgehead atoms. The molecular weight excluding hydrogens is 172 g/mol. The van der Waals surface area contributed by atoms with Gasteiger partial charge in [0.1, 0.15) is 0 Å². The number of esters is 2. The van der Waals surface area contributed by atoms with Gasteiger partial charge in [0.15, 0.2) is 6.10 Å². The Labute approximate surface area is 77.2 Å². The summed E-state index contributed by atoms with van der Waals surface area (Å²) < 4.78 is 9.27. The van der Waals surface area contributed by atoms with Gasteiger partial charge in [0.2, 0.25) is 0 Å². The minimum atomic E-state index is -0.823. The smallest absolute Gasteiger partial charge is 0.310 e. The topological polar surface area (TPSA) is 52.6 Å². The number of hydrogen-bond acceptors (Lipinski definition) is 4. The molecule has 0 rings (SSSR count). The summed E-state index contributed by atoms with van der Waals surface area (Å²) in [5.74, 6) is 1.21. The van der Waals surface area contributed by atoms with Crippen molar-refractivity contribution in [2.75, 3.05) is 6.61 Å². The molecule has 0 aromatic carbocycles. The fourth-order valence-electron chi connectivity index (χ4n) is 0.706. The molecule has 4 nitrogen and oxygen atoms in total. The van der Waals surface area contributed by atoms with Crippen LogP contribution in [0.1, 0.15) is 20.3 Å². The van der Waals surface area contributed by atoms with Gasteiger partial charge in [0, 0.05) is 6.92 Å². The maximum absolute atomic E-state index is 10.9. The van der Waals surface area contributed by atoms with Crippen LogP contribution in [0.2, 0.25) is 0 Å². The molecule has 0 aliphatic heterocycles. The molecule has 0 radical (unpaired) electrons. The first kappa shape index (κ1) is 11.5. The Morgan fingerprint density at radius 1 is 1.54 bits per heavy atom. The summed E-state index contributed by atoms with van der Waals surface area (Å²) in [6.07, 6.45) is 4.11. The van der Waals surface area contributed by atoms with Crippen LogP contribution < -0.4 is 0 Å². The summed E-state index contributed by atoms with van der Waals surface area (Å²) in [4.78, 5) is 21.4. The van der Waals surface area contributed by atoms with E-state index in [1.807, 2.05) is 0 Å². The van der Waals surface area contributed by atoms with Crippen molar-refractivity contribution in [3.8, 4) is 12.3 Å². The van der Waals surface area contributed by atoms with Gasteiger partial charge < -0.3 is 9.47 Å². The minimum Gasteiger partial charge on any atom is -0.466 e. The third kappa shape index (κ3) is 5.74. The highest BCUT2D eigenvalue weighted by Crippen LogP contribution is 1.99. The van der Waals surface area contributed by atoms with E-state index in [1.165, 1.54) is 6.92 Å². The molecule has 0 unspecified atom stereocenters. The van der Waals surface area contributed by atoms with Crippen molar-refractivity contribution in [1.82, 2.24) is 0 Å². The van der Waals surface area contributed by atoms with Crippen LogP contribution in [0.3, 0.4) is 0 Å². The van der Waals surface area contributed by atoms with Crippen molar-refractivity contribution in [2.24, 2.45) is 0 Å². The number of carbonyl (C=O) groups is 2. The van der Waals surface area contributed by atoms with Crippen LogP contribution in [0.5, 0.6) is 0 Å². The summed E-state index contributed by atoms with van der Waals surface area (Å²) in [5, 5.41) is 0. The van der Waals surface area contributed by atoms with E-state index in [9.17, 15) is 9.59 Å². The molecule has 0 N–H and O–H groups in total. The van der Waals surface area contributed by atoms with Crippen LogP contribution in [0.4, 0.5) is 0 Å². The summed E-state index contributed by atoms with van der Waals surface area (Å²) in [7, 11) is 0. The molecule has 0 aliphatic rings. The fourth-order valence-corrected chi connectivity index (χ4v) is 0.706. The van der Waals surface area contributed by atoms with Crippen LogP contribution >= 0.6 is 0 Å². The molecular formula is C9H12O4. The van der Waals surface area contributed by atoms with Crippen molar-refractivity contribution in [1.29, 1.82) is 0 Å². The zero-order valence-corrected chi connectivity index (χ0v) is 7.70. The molecule has 0 spiro atoms. The third-order valence-corrected chi connectivity index (χ3v) is 1.15. The summed E-state index contributed by atoms with van der Waals surface area (Å²) in [5.41, 5.74) is 0. The van der Waals surface area contributed by atoms with Gasteiger partial charge in [-0.3, -0.25) is 9.59 Å². The SMILES string of the molecule is C#C[C@@H](CC(=O)OCC)OC(C)=O. The predicted molar refractivity (Wildman–Crippen MR) is 45.6 cm³/mol. The molecule has 0 heterocycles. The molecule has 0 amide bonds. The van der Waals surface area contributed by atoms with Crippen LogP contribution in [0.15, 0.2) is 0 Å². The maximum Gasteiger partial charge on any atom is 0.310 e. The van der Waals surface area contributed by atoms with E-state index in [0.717, 1.165) is 0 Å². The monoisotopic (exact) mass is 184 g/mol. The van der Waals surface area contributed by atoms with Crippen molar-refractivity contribution < 1.29 is 19.1 Å². The third-order valence-electron chi connectivity index (χ3n) is 1.15. The lowest BCUT2D eigenvalue weighted by Gasteiger charge is -2.09. The number of rotatable bonds is 4. The second kappa shape index (κ2) is 6.06. The molecule has 0 aromatic heterocycles. The molecule has 0 fully saturated rings. The highest BCUT2D eigenvalue weighted by Gasteiger charge is 2.14. The molecule has 0 saturated carbocycles. The lowest BCUT2D eigenvalue weighted by Crippen LogP contribution is -2.19. The van der Waals surface area contributed by atoms with E-state index >= 15 is 0 Å². The van der Waals surface area contributed by atoms with Crippen molar-refractivity contribution >= 4 is 11.9 Å². The van der Waals surface area contributed by atoms with Gasteiger partial charge in [0.25, 0.3) is 0 Å². The highest BCUT2D eigenvalue weighted by atomic mass is 16.6. The van der Waals surface area contributed by atoms with E-state index in [4.69, 9.17) is 6.42 Å². The second-order valence-corrected chi connectivity index (χ2v) is 2.27. The Hall–Kier alpha value is -1.50. The molecule has 0 aliphatic carbocycles. The number of terminal acetylenes is 1. The summed E-state index contributed by atoms with van der Waals surface area (Å²) in [6.45, 7) is 3.21. The molecule has 1 atom stereocenters. The summed E-state index contributed by atoms with van der Waals surface area (Å²) in [6, 6.07) is 0. The van der Waals surface area contributed by atoms with Crippen molar-refractivity contribution in [3.63, 3.8) is 0 Å². The fraction of sp³-hybridized carbons (Fsp3) is 0.556. The normalized spacial score (nSPS) is 11.2. The van der Waals surface area contributed by atoms with E-state index in [0.29, 0.717) is 0 Å². The largest absolute Gasteiger partial charge is 0.466 e. The van der Waals surface area contributed by atoms with Gasteiger partial charge in [0.05, 0.1) is 13.0 Å². The van der Waals surface area contributed by atoms with E-state index in [1.54, 1.807) is 6.92 Å². The number of ether oxygens (including phenoxy) is 2. The Morgan fingerprint density at radius 3 is 2.54 bits per heavy atom. The molecule has 72 valence electrons. The minimum absolute atomic E-state index is 0.0933. The molecule has 4 heteroatoms. The standard InChI is InChI=1S/C9H12O4/c1-4-8(13-7(3)10)6-9(11)12-5-2/h1,8H,5-6H2,2-3H3/t8-/m0/s1. The second-order valence-electron chi connectivity index (χ2n) is 2.27. The molecule has 0 aromatic rings. The molecule has 13 heavy (non-hydrogen) atoms. The van der Waals surface area contributed by atoms with Crippen LogP contribution in [-0.2, 0) is 19.1 Å². The molecule has 0 saturated heterocycles. The average Bonchev–Trinajstić information content (AvgIpc) is 2.02. The van der Waals surface area contributed by atoms with Gasteiger partial charge >= 0.3 is 11.9 Å². The quantitative estimate of drug-likeness (QED) is 0.471. The first-order valence-electron chi connectivity index (χ1n) is 3.89. The zero-order valence-electron chi connectivity index (χ0n) is 7.70. The predicted octanol–water partition coefficient (Wildman–Crippen LogP) is 0.504. The van der Waals surface area contributed by atoms with E-state index in [-0.39, 0.29) is 13.0 Å². The Morgan fingerprint density at radius 2 is 2.15 bits per heavy atom. The number of carbonyl (C=O) groups excluding carboxylic acids is 2. The van der Waals surface area contributed by atoms with E-state index in [2.05, 4.69) is 15.4 Å². The Balaban J connectivity index is 3.92. The average molecular weight is 184 g/mol. The highest BCUT2D eigenvalue weighted by molar-refractivity contribution is 5.72. The van der Waals surface area contributed by atoms with Gasteiger partial charge in [-0.1, -0.05) is 5.92 Å². The lowest BCUT2D eigenvalue weighted by molar-refractivity contribution is -0.150. The van der Waals surface area contributed by atoms with Gasteiger partial charge in [-0.15, -0.1) is 6.42 Å². The maximum atomic E-state index is 10.9.